The first-order chi connectivity index (χ1) is 12.7. The van der Waals surface area contributed by atoms with E-state index in [-0.39, 0.29) is 11.3 Å². The maximum Gasteiger partial charge on any atom is 0.267 e. The molecule has 0 spiro atoms. The zero-order chi connectivity index (χ0) is 20.0. The molecule has 5 nitrogen and oxygen atoms in total. The average molecular weight is 408 g/mol. The van der Waals surface area contributed by atoms with Crippen molar-refractivity contribution in [3.05, 3.63) is 29.8 Å². The van der Waals surface area contributed by atoms with Gasteiger partial charge < -0.3 is 4.74 Å². The number of amides is 1. The molecule has 0 radical (unpaired) electrons. The van der Waals surface area contributed by atoms with E-state index in [1.165, 1.54) is 16.9 Å². The third-order valence-corrected chi connectivity index (χ3v) is 6.24. The van der Waals surface area contributed by atoms with Gasteiger partial charge in [-0.15, -0.1) is 10.2 Å². The zero-order valence-electron chi connectivity index (χ0n) is 16.9. The molecular formula is C20H29N3O2S2. The van der Waals surface area contributed by atoms with Crippen molar-refractivity contribution in [1.82, 2.24) is 10.2 Å². The number of rotatable bonds is 8. The van der Waals surface area contributed by atoms with Gasteiger partial charge >= 0.3 is 0 Å². The normalized spacial score (nSPS) is 12.9. The number of benzene rings is 1. The van der Waals surface area contributed by atoms with Crippen LogP contribution in [0.5, 0.6) is 5.75 Å². The van der Waals surface area contributed by atoms with Gasteiger partial charge in [0.05, 0.1) is 0 Å². The van der Waals surface area contributed by atoms with E-state index in [9.17, 15) is 4.79 Å². The molecule has 0 bridgehead atoms. The highest BCUT2D eigenvalue weighted by Gasteiger charge is 2.21. The van der Waals surface area contributed by atoms with Gasteiger partial charge in [-0.05, 0) is 35.4 Å². The molecule has 1 aromatic carbocycles. The lowest BCUT2D eigenvalue weighted by Gasteiger charge is -2.20. The van der Waals surface area contributed by atoms with Crippen LogP contribution in [-0.2, 0) is 10.2 Å². The van der Waals surface area contributed by atoms with Crippen LogP contribution in [0.4, 0.5) is 5.13 Å². The summed E-state index contributed by atoms with van der Waals surface area (Å²) in [5, 5.41) is 11.5. The fourth-order valence-electron chi connectivity index (χ4n) is 2.26. The van der Waals surface area contributed by atoms with Crippen molar-refractivity contribution in [1.29, 1.82) is 0 Å². The van der Waals surface area contributed by atoms with Gasteiger partial charge in [0.15, 0.2) is 10.4 Å². The quantitative estimate of drug-likeness (QED) is 0.470. The van der Waals surface area contributed by atoms with Crippen LogP contribution in [-0.4, -0.2) is 28.0 Å². The number of hydrogen-bond acceptors (Lipinski definition) is 6. The summed E-state index contributed by atoms with van der Waals surface area (Å²) in [4.78, 5) is 12.5. The summed E-state index contributed by atoms with van der Waals surface area (Å²) in [6.45, 7) is 12.8. The van der Waals surface area contributed by atoms with Crippen LogP contribution in [0.15, 0.2) is 28.6 Å². The number of ether oxygens (including phenoxy) is 1. The number of thioether (sulfide) groups is 1. The molecule has 1 heterocycles. The Kier molecular flexibility index (Phi) is 7.68. The van der Waals surface area contributed by atoms with Crippen molar-refractivity contribution in [2.75, 3.05) is 11.1 Å². The third kappa shape index (κ3) is 6.81. The summed E-state index contributed by atoms with van der Waals surface area (Å²) >= 11 is 3.05. The summed E-state index contributed by atoms with van der Waals surface area (Å²) in [5.74, 6) is 2.05. The fourth-order valence-corrected chi connectivity index (χ4v) is 3.99. The van der Waals surface area contributed by atoms with E-state index in [4.69, 9.17) is 4.74 Å². The number of nitrogens with zero attached hydrogens (tertiary/aromatic N) is 2. The molecule has 0 saturated heterocycles. The van der Waals surface area contributed by atoms with Crippen LogP contribution < -0.4 is 10.1 Å². The number of carbonyl (C=O) groups is 1. The van der Waals surface area contributed by atoms with E-state index in [1.54, 1.807) is 11.8 Å². The largest absolute Gasteiger partial charge is 0.481 e. The van der Waals surface area contributed by atoms with E-state index >= 15 is 0 Å². The van der Waals surface area contributed by atoms with Crippen LogP contribution in [0.3, 0.4) is 0 Å². The van der Waals surface area contributed by atoms with Crippen molar-refractivity contribution in [2.45, 2.75) is 63.8 Å². The average Bonchev–Trinajstić information content (AvgIpc) is 3.04. The number of anilines is 1. The maximum absolute atomic E-state index is 12.5. The van der Waals surface area contributed by atoms with E-state index in [2.05, 4.69) is 50.1 Å². The molecule has 148 valence electrons. The smallest absolute Gasteiger partial charge is 0.267 e. The van der Waals surface area contributed by atoms with Crippen LogP contribution in [0.25, 0.3) is 0 Å². The van der Waals surface area contributed by atoms with Crippen LogP contribution in [0.1, 0.15) is 53.5 Å². The Hall–Kier alpha value is -1.60. The van der Waals surface area contributed by atoms with E-state index in [0.29, 0.717) is 23.2 Å². The highest BCUT2D eigenvalue weighted by molar-refractivity contribution is 8.01. The van der Waals surface area contributed by atoms with Gasteiger partial charge in [0, 0.05) is 5.75 Å². The second-order valence-corrected chi connectivity index (χ2v) is 10.1. The fraction of sp³-hybridized carbons (Fsp3) is 0.550. The number of carbonyl (C=O) groups excluding carboxylic acids is 1. The lowest BCUT2D eigenvalue weighted by atomic mass is 9.87. The lowest BCUT2D eigenvalue weighted by Crippen LogP contribution is -2.32. The number of aromatic nitrogens is 2. The Morgan fingerprint density at radius 1 is 1.22 bits per heavy atom. The molecular weight excluding hydrogens is 378 g/mol. The minimum atomic E-state index is -0.568. The topological polar surface area (TPSA) is 64.1 Å². The third-order valence-electron chi connectivity index (χ3n) is 3.84. The monoisotopic (exact) mass is 407 g/mol. The second kappa shape index (κ2) is 9.55. The summed E-state index contributed by atoms with van der Waals surface area (Å²) in [7, 11) is 0. The Balaban J connectivity index is 1.95. The first-order valence-corrected chi connectivity index (χ1v) is 11.0. The predicted octanol–water partition coefficient (Wildman–Crippen LogP) is 5.38. The predicted molar refractivity (Wildman–Crippen MR) is 114 cm³/mol. The van der Waals surface area contributed by atoms with E-state index in [0.717, 1.165) is 10.1 Å². The van der Waals surface area contributed by atoms with Crippen molar-refractivity contribution in [2.24, 2.45) is 5.92 Å². The van der Waals surface area contributed by atoms with Crippen molar-refractivity contribution >= 4 is 34.1 Å². The molecule has 0 aliphatic carbocycles. The minimum Gasteiger partial charge on any atom is -0.481 e. The van der Waals surface area contributed by atoms with Crippen LogP contribution in [0, 0.1) is 5.92 Å². The first-order valence-electron chi connectivity index (χ1n) is 9.23. The number of hydrogen-bond donors (Lipinski definition) is 1. The van der Waals surface area contributed by atoms with Crippen molar-refractivity contribution < 1.29 is 9.53 Å². The molecule has 1 amide bonds. The SMILES string of the molecule is CCC(Oc1ccc(C(C)(C)C)cc1)C(=O)Nc1nnc(SCC(C)C)s1. The molecule has 1 N–H and O–H groups in total. The highest BCUT2D eigenvalue weighted by atomic mass is 32.2. The molecule has 0 aliphatic heterocycles. The summed E-state index contributed by atoms with van der Waals surface area (Å²) in [6.07, 6.45) is 0.00168. The second-order valence-electron chi connectivity index (χ2n) is 7.86. The Morgan fingerprint density at radius 2 is 1.89 bits per heavy atom. The van der Waals surface area contributed by atoms with Gasteiger partial charge in [0.1, 0.15) is 5.75 Å². The molecule has 1 unspecified atom stereocenters. The molecule has 7 heteroatoms. The lowest BCUT2D eigenvalue weighted by molar-refractivity contribution is -0.122. The molecule has 2 rings (SSSR count). The first kappa shape index (κ1) is 21.7. The summed E-state index contributed by atoms with van der Waals surface area (Å²) in [6, 6.07) is 7.93. The minimum absolute atomic E-state index is 0.0865. The molecule has 0 fully saturated rings. The standard InChI is InChI=1S/C20H29N3O2S2/c1-7-16(25-15-10-8-14(9-11-15)20(4,5)6)17(24)21-18-22-23-19(27-18)26-12-13(2)3/h8-11,13,16H,7,12H2,1-6H3,(H,21,22,24). The molecule has 1 atom stereocenters. The molecule has 0 aliphatic rings. The van der Waals surface area contributed by atoms with Gasteiger partial charge in [-0.2, -0.15) is 0 Å². The summed E-state index contributed by atoms with van der Waals surface area (Å²) < 4.78 is 6.76. The zero-order valence-corrected chi connectivity index (χ0v) is 18.5. The van der Waals surface area contributed by atoms with E-state index < -0.39 is 6.10 Å². The molecule has 1 aromatic heterocycles. The van der Waals surface area contributed by atoms with Gasteiger partial charge in [0.25, 0.3) is 5.91 Å². The summed E-state index contributed by atoms with van der Waals surface area (Å²) in [5.41, 5.74) is 1.32. The van der Waals surface area contributed by atoms with Gasteiger partial charge in [-0.25, -0.2) is 0 Å². The van der Waals surface area contributed by atoms with Crippen LogP contribution in [0.2, 0.25) is 0 Å². The van der Waals surface area contributed by atoms with Gasteiger partial charge in [-0.1, -0.05) is 76.8 Å². The Labute approximate surface area is 170 Å². The van der Waals surface area contributed by atoms with Crippen molar-refractivity contribution in [3.63, 3.8) is 0 Å². The highest BCUT2D eigenvalue weighted by Crippen LogP contribution is 2.28. The number of nitrogens with one attached hydrogen (secondary N) is 1. The van der Waals surface area contributed by atoms with E-state index in [1.807, 2.05) is 31.2 Å². The maximum atomic E-state index is 12.5. The van der Waals surface area contributed by atoms with Crippen molar-refractivity contribution in [3.8, 4) is 5.75 Å². The van der Waals surface area contributed by atoms with Crippen LogP contribution >= 0.6 is 23.1 Å². The van der Waals surface area contributed by atoms with Gasteiger partial charge in [-0.3, -0.25) is 10.1 Å². The Bertz CT molecular complexity index is 736. The Morgan fingerprint density at radius 3 is 2.44 bits per heavy atom. The van der Waals surface area contributed by atoms with Gasteiger partial charge in [0.2, 0.25) is 5.13 Å². The molecule has 27 heavy (non-hydrogen) atoms. The molecule has 0 saturated carbocycles. The molecule has 2 aromatic rings.